The van der Waals surface area contributed by atoms with Gasteiger partial charge < -0.3 is 44.3 Å². The molecule has 0 spiro atoms. The fourth-order valence-electron chi connectivity index (χ4n) is 11.0. The second kappa shape index (κ2) is 14.7. The van der Waals surface area contributed by atoms with Gasteiger partial charge in [-0.25, -0.2) is 9.59 Å². The molecule has 5 aliphatic rings. The number of benzene rings is 3. The normalized spacial score (nSPS) is 35.3. The van der Waals surface area contributed by atoms with E-state index >= 15 is 4.79 Å². The number of hydrogen-bond donors (Lipinski definition) is 4. The first-order valence-corrected chi connectivity index (χ1v) is 20.1. The average Bonchev–Trinajstić information content (AvgIpc) is 3.24. The van der Waals surface area contributed by atoms with E-state index in [1.807, 2.05) is 0 Å². The van der Waals surface area contributed by atoms with E-state index < -0.39 is 112 Å². The van der Waals surface area contributed by atoms with Gasteiger partial charge in [0.15, 0.2) is 23.6 Å². The first-order chi connectivity index (χ1) is 28.9. The molecule has 320 valence electrons. The predicted octanol–water partition coefficient (Wildman–Crippen LogP) is 3.10. The molecule has 3 aromatic rings. The van der Waals surface area contributed by atoms with Crippen molar-refractivity contribution >= 4 is 35.6 Å². The van der Waals surface area contributed by atoms with Gasteiger partial charge in [0, 0.05) is 32.3 Å². The Balaban J connectivity index is 1.26. The molecule has 1 amide bonds. The zero-order valence-electron chi connectivity index (χ0n) is 34.2. The van der Waals surface area contributed by atoms with Gasteiger partial charge in [0.1, 0.15) is 23.4 Å². The van der Waals surface area contributed by atoms with Crippen LogP contribution in [0.15, 0.2) is 102 Å². The van der Waals surface area contributed by atoms with Gasteiger partial charge in [-0.15, -0.1) is 0 Å². The Kier molecular flexibility index (Phi) is 10.1. The number of esters is 4. The fraction of sp³-hybridized carbons (Fsp3) is 0.435. The van der Waals surface area contributed by atoms with Gasteiger partial charge in [-0.05, 0) is 61.7 Å². The average molecular weight is 838 g/mol. The van der Waals surface area contributed by atoms with Crippen LogP contribution < -0.4 is 5.32 Å². The predicted molar refractivity (Wildman–Crippen MR) is 211 cm³/mol. The first-order valence-electron chi connectivity index (χ1n) is 20.1. The highest BCUT2D eigenvalue weighted by Crippen LogP contribution is 2.78. The second-order valence-electron chi connectivity index (χ2n) is 17.1. The van der Waals surface area contributed by atoms with Crippen LogP contribution in [-0.2, 0) is 42.9 Å². The summed E-state index contributed by atoms with van der Waals surface area (Å²) in [7, 11) is 0. The number of ether oxygens (including phenoxy) is 5. The molecule has 4 aliphatic carbocycles. The lowest BCUT2D eigenvalue weighted by molar-refractivity contribution is -0.376. The van der Waals surface area contributed by atoms with Crippen molar-refractivity contribution in [3.05, 3.63) is 119 Å². The minimum Gasteiger partial charge on any atom is -0.455 e. The van der Waals surface area contributed by atoms with E-state index in [9.17, 15) is 39.3 Å². The van der Waals surface area contributed by atoms with Crippen LogP contribution in [0.3, 0.4) is 0 Å². The van der Waals surface area contributed by atoms with E-state index in [1.165, 1.54) is 32.9 Å². The smallest absolute Gasteiger partial charge is 0.338 e. The highest BCUT2D eigenvalue weighted by Gasteiger charge is 2.89. The molecule has 3 aromatic carbocycles. The standard InChI is InChI=1S/C46H47NO14/c1-24-32-35(58-25(2)48)37(52)42(4)30(50)21-31-44(23-57-31,60-26(3)49)36(42)38(59-40(54)29-19-13-8-14-20-29)45(56)22-46(24,43(32,45)5)61-41(55)34(51)33(27-15-9-6-10-16-27)47-39(53)28-17-11-7-12-18-28/h6-20,30-31,33-36,38,50-51,56H,21-23H2,1-5H3,(H,47,53)/t30-,31?,33-,34+,35+,36?,38-,42+,43+,44-,45+,46+/m0/s1. The van der Waals surface area contributed by atoms with E-state index in [2.05, 4.69) is 5.32 Å². The number of ketones is 1. The summed E-state index contributed by atoms with van der Waals surface area (Å²) in [6.07, 6.45) is -8.82. The second-order valence-corrected chi connectivity index (χ2v) is 17.1. The summed E-state index contributed by atoms with van der Waals surface area (Å²) in [6.45, 7) is 6.36. The van der Waals surface area contributed by atoms with Gasteiger partial charge in [-0.1, -0.05) is 66.7 Å². The summed E-state index contributed by atoms with van der Waals surface area (Å²) in [5.74, 6) is -6.74. The Morgan fingerprint density at radius 3 is 1.98 bits per heavy atom. The molecule has 1 heterocycles. The molecule has 0 radical (unpaired) electrons. The zero-order valence-corrected chi connectivity index (χ0v) is 34.2. The van der Waals surface area contributed by atoms with Crippen molar-refractivity contribution in [2.24, 2.45) is 16.7 Å². The Hall–Kier alpha value is -5.74. The largest absolute Gasteiger partial charge is 0.455 e. The molecule has 3 saturated carbocycles. The van der Waals surface area contributed by atoms with Crippen molar-refractivity contribution in [2.75, 3.05) is 6.61 Å². The van der Waals surface area contributed by atoms with Crippen molar-refractivity contribution in [3.63, 3.8) is 0 Å². The van der Waals surface area contributed by atoms with E-state index in [1.54, 1.807) is 78.9 Å². The third kappa shape index (κ3) is 5.92. The number of carbonyl (C=O) groups is 6. The topological polar surface area (TPSA) is 221 Å². The molecule has 12 atom stereocenters. The number of carbonyl (C=O) groups excluding carboxylic acids is 6. The quantitative estimate of drug-likeness (QED) is 0.131. The molecule has 61 heavy (non-hydrogen) atoms. The number of hydrogen-bond acceptors (Lipinski definition) is 14. The van der Waals surface area contributed by atoms with Crippen LogP contribution in [0.25, 0.3) is 0 Å². The Bertz CT molecular complexity index is 2340. The van der Waals surface area contributed by atoms with Gasteiger partial charge >= 0.3 is 23.9 Å². The number of amides is 1. The number of rotatable bonds is 10. The van der Waals surface area contributed by atoms with Crippen LogP contribution >= 0.6 is 0 Å². The Labute approximate surface area is 351 Å². The van der Waals surface area contributed by atoms with Gasteiger partial charge in [0.2, 0.25) is 0 Å². The van der Waals surface area contributed by atoms with Crippen LogP contribution in [-0.4, -0.2) is 105 Å². The first kappa shape index (κ1) is 42.0. The summed E-state index contributed by atoms with van der Waals surface area (Å²) in [5.41, 5.74) is -8.81. The zero-order chi connectivity index (χ0) is 43.9. The van der Waals surface area contributed by atoms with Gasteiger partial charge in [0.25, 0.3) is 5.91 Å². The third-order valence-corrected chi connectivity index (χ3v) is 14.1. The molecular formula is C46H47NO14. The molecule has 0 bridgehead atoms. The number of aliphatic hydroxyl groups excluding tert-OH is 2. The van der Waals surface area contributed by atoms with Crippen molar-refractivity contribution in [1.29, 1.82) is 0 Å². The molecule has 4 N–H and O–H groups in total. The fourth-order valence-corrected chi connectivity index (χ4v) is 11.0. The minimum atomic E-state index is -2.30. The molecule has 15 nitrogen and oxygen atoms in total. The SMILES string of the molecule is CC(=O)O[C@H]1C(=O)[C@@]2(C)C([C@H](OC(=O)c3ccccc3)[C@]3(O)C[C@@]4(OC(=O)[C@H](O)[C@@H](NC(=O)c5ccccc5)c5ccccc5)C(C)=C1[C@]34C)[C@]1(OC(C)=O)COC1C[C@@H]2O. The number of aliphatic hydroxyl groups is 3. The molecule has 1 saturated heterocycles. The van der Waals surface area contributed by atoms with Crippen LogP contribution in [0.1, 0.15) is 79.8 Å². The third-order valence-electron chi connectivity index (χ3n) is 14.1. The maximum Gasteiger partial charge on any atom is 0.338 e. The molecular weight excluding hydrogens is 790 g/mol. The summed E-state index contributed by atoms with van der Waals surface area (Å²) in [6, 6.07) is 23.0. The van der Waals surface area contributed by atoms with Crippen LogP contribution in [0, 0.1) is 16.7 Å². The molecule has 0 aromatic heterocycles. The van der Waals surface area contributed by atoms with Gasteiger partial charge in [0.05, 0.1) is 41.1 Å². The van der Waals surface area contributed by atoms with Crippen molar-refractivity contribution in [3.8, 4) is 0 Å². The molecule has 4 fully saturated rings. The highest BCUT2D eigenvalue weighted by atomic mass is 16.6. The summed E-state index contributed by atoms with van der Waals surface area (Å²) in [5, 5.41) is 40.0. The molecule has 15 heteroatoms. The minimum absolute atomic E-state index is 0.0434. The monoisotopic (exact) mass is 837 g/mol. The summed E-state index contributed by atoms with van der Waals surface area (Å²) in [4.78, 5) is 83.2. The lowest BCUT2D eigenvalue weighted by Crippen LogP contribution is -2.90. The lowest BCUT2D eigenvalue weighted by atomic mass is 9.30. The highest BCUT2D eigenvalue weighted by molar-refractivity contribution is 5.97. The van der Waals surface area contributed by atoms with E-state index in [-0.39, 0.29) is 35.3 Å². The van der Waals surface area contributed by atoms with Gasteiger partial charge in [-0.2, -0.15) is 0 Å². The van der Waals surface area contributed by atoms with Gasteiger partial charge in [-0.3, -0.25) is 19.2 Å². The van der Waals surface area contributed by atoms with Crippen molar-refractivity contribution < 1.29 is 67.8 Å². The van der Waals surface area contributed by atoms with Crippen molar-refractivity contribution in [1.82, 2.24) is 5.32 Å². The Morgan fingerprint density at radius 1 is 0.836 bits per heavy atom. The number of Topliss-reactive ketones (excluding diaryl/α,β-unsaturated/α-hetero) is 1. The van der Waals surface area contributed by atoms with Crippen LogP contribution in [0.2, 0.25) is 0 Å². The summed E-state index contributed by atoms with van der Waals surface area (Å²) >= 11 is 0. The van der Waals surface area contributed by atoms with Crippen LogP contribution in [0.5, 0.6) is 0 Å². The van der Waals surface area contributed by atoms with Crippen molar-refractivity contribution in [2.45, 2.75) is 101 Å². The van der Waals surface area contributed by atoms with E-state index in [4.69, 9.17) is 23.7 Å². The number of nitrogens with one attached hydrogen (secondary N) is 1. The number of fused-ring (bicyclic) bond motifs is 3. The van der Waals surface area contributed by atoms with E-state index in [0.717, 1.165) is 13.8 Å². The maximum absolute atomic E-state index is 15.3. The molecule has 2 unspecified atom stereocenters. The van der Waals surface area contributed by atoms with E-state index in [0.29, 0.717) is 5.56 Å². The van der Waals surface area contributed by atoms with Crippen LogP contribution in [0.4, 0.5) is 0 Å². The Morgan fingerprint density at radius 2 is 1.43 bits per heavy atom. The molecule has 8 rings (SSSR count). The lowest BCUT2D eigenvalue weighted by Gasteiger charge is -2.78. The maximum atomic E-state index is 15.3. The molecule has 1 aliphatic heterocycles. The summed E-state index contributed by atoms with van der Waals surface area (Å²) < 4.78 is 30.3.